The van der Waals surface area contributed by atoms with E-state index >= 15 is 0 Å². The Labute approximate surface area is 112 Å². The summed E-state index contributed by atoms with van der Waals surface area (Å²) in [6, 6.07) is 5.22. The van der Waals surface area contributed by atoms with E-state index < -0.39 is 11.7 Å². The summed E-state index contributed by atoms with van der Waals surface area (Å²) in [6.07, 6.45) is -2.03. The molecule has 1 N–H and O–H groups in total. The van der Waals surface area contributed by atoms with Gasteiger partial charge in [-0.05, 0) is 42.7 Å². The van der Waals surface area contributed by atoms with E-state index in [4.69, 9.17) is 0 Å². The van der Waals surface area contributed by atoms with E-state index in [0.717, 1.165) is 22.6 Å². The van der Waals surface area contributed by atoms with Gasteiger partial charge in [0.2, 0.25) is 0 Å². The summed E-state index contributed by atoms with van der Waals surface area (Å²) in [5.74, 6) is 0. The zero-order chi connectivity index (χ0) is 13.9. The van der Waals surface area contributed by atoms with Crippen LogP contribution in [0.15, 0.2) is 30.5 Å². The molecule has 102 valence electrons. The largest absolute Gasteiger partial charge is 0.416 e. The molecule has 0 bridgehead atoms. The highest BCUT2D eigenvalue weighted by Crippen LogP contribution is 2.29. The van der Waals surface area contributed by atoms with Crippen molar-refractivity contribution >= 4 is 11.5 Å². The van der Waals surface area contributed by atoms with Crippen molar-refractivity contribution in [3.63, 3.8) is 0 Å². The first-order chi connectivity index (χ1) is 9.00. The highest BCUT2D eigenvalue weighted by molar-refractivity contribution is 7.05. The summed E-state index contributed by atoms with van der Waals surface area (Å²) in [7, 11) is 1.80. The van der Waals surface area contributed by atoms with Crippen molar-refractivity contribution in [2.75, 3.05) is 7.05 Å². The molecule has 0 aliphatic carbocycles. The molecule has 3 nitrogen and oxygen atoms in total. The maximum absolute atomic E-state index is 12.4. The average Bonchev–Trinajstić information content (AvgIpc) is 2.89. The zero-order valence-electron chi connectivity index (χ0n) is 10.1. The maximum atomic E-state index is 12.4. The van der Waals surface area contributed by atoms with Crippen molar-refractivity contribution in [2.24, 2.45) is 0 Å². The molecular formula is C12H12F3N3S. The van der Waals surface area contributed by atoms with Gasteiger partial charge in [0, 0.05) is 6.04 Å². The van der Waals surface area contributed by atoms with Gasteiger partial charge >= 0.3 is 6.18 Å². The van der Waals surface area contributed by atoms with Gasteiger partial charge in [-0.15, -0.1) is 5.10 Å². The number of hydrogen-bond donors (Lipinski definition) is 1. The van der Waals surface area contributed by atoms with Gasteiger partial charge in [-0.1, -0.05) is 16.6 Å². The molecule has 0 spiro atoms. The number of alkyl halides is 3. The third-order valence-electron chi connectivity index (χ3n) is 2.79. The number of benzene rings is 1. The maximum Gasteiger partial charge on any atom is 0.416 e. The molecule has 2 rings (SSSR count). The van der Waals surface area contributed by atoms with E-state index in [1.165, 1.54) is 23.7 Å². The Balaban J connectivity index is 2.11. The summed E-state index contributed by atoms with van der Waals surface area (Å²) in [4.78, 5) is 0.961. The van der Waals surface area contributed by atoms with Crippen LogP contribution in [-0.4, -0.2) is 16.6 Å². The summed E-state index contributed by atoms with van der Waals surface area (Å²) >= 11 is 1.28. The third-order valence-corrected chi connectivity index (χ3v) is 3.57. The molecule has 0 aliphatic rings. The predicted octanol–water partition coefficient (Wildman–Crippen LogP) is 3.06. The predicted molar refractivity (Wildman–Crippen MR) is 66.9 cm³/mol. The first-order valence-electron chi connectivity index (χ1n) is 5.61. The molecule has 1 unspecified atom stereocenters. The second-order valence-electron chi connectivity index (χ2n) is 4.06. The van der Waals surface area contributed by atoms with Crippen molar-refractivity contribution in [1.82, 2.24) is 14.9 Å². The number of nitrogens with one attached hydrogen (secondary N) is 1. The van der Waals surface area contributed by atoms with Crippen LogP contribution in [-0.2, 0) is 12.6 Å². The third kappa shape index (κ3) is 3.51. The fourth-order valence-electron chi connectivity index (χ4n) is 1.74. The smallest absolute Gasteiger partial charge is 0.312 e. The molecule has 0 amide bonds. The van der Waals surface area contributed by atoms with Crippen LogP contribution < -0.4 is 5.32 Å². The van der Waals surface area contributed by atoms with Gasteiger partial charge in [-0.2, -0.15) is 13.2 Å². The first kappa shape index (κ1) is 14.0. The topological polar surface area (TPSA) is 37.8 Å². The SMILES string of the molecule is CNC(Cc1ccc(C(F)(F)F)cc1)c1cnns1. The molecule has 0 saturated heterocycles. The Morgan fingerprint density at radius 1 is 1.26 bits per heavy atom. The summed E-state index contributed by atoms with van der Waals surface area (Å²) in [6.45, 7) is 0. The molecular weight excluding hydrogens is 275 g/mol. The minimum Gasteiger partial charge on any atom is -0.312 e. The molecule has 0 saturated carbocycles. The van der Waals surface area contributed by atoms with Gasteiger partial charge < -0.3 is 5.32 Å². The summed E-state index contributed by atoms with van der Waals surface area (Å²) in [5.41, 5.74) is 0.206. The lowest BCUT2D eigenvalue weighted by molar-refractivity contribution is -0.137. The number of hydrogen-bond acceptors (Lipinski definition) is 4. The molecule has 7 heteroatoms. The minimum atomic E-state index is -4.29. The highest BCUT2D eigenvalue weighted by Gasteiger charge is 2.30. The molecule has 2 aromatic rings. The lowest BCUT2D eigenvalue weighted by Gasteiger charge is -2.14. The van der Waals surface area contributed by atoms with E-state index in [1.54, 1.807) is 13.2 Å². The molecule has 0 fully saturated rings. The van der Waals surface area contributed by atoms with Crippen molar-refractivity contribution in [3.8, 4) is 0 Å². The van der Waals surface area contributed by atoms with Gasteiger partial charge in [0.05, 0.1) is 16.6 Å². The second kappa shape index (κ2) is 5.66. The normalized spacial score (nSPS) is 13.5. The monoisotopic (exact) mass is 287 g/mol. The Bertz CT molecular complexity index is 508. The minimum absolute atomic E-state index is 0.0109. The van der Waals surface area contributed by atoms with E-state index in [9.17, 15) is 13.2 Å². The average molecular weight is 287 g/mol. The first-order valence-corrected chi connectivity index (χ1v) is 6.38. The van der Waals surface area contributed by atoms with Crippen LogP contribution in [0.5, 0.6) is 0 Å². The molecule has 19 heavy (non-hydrogen) atoms. The molecule has 1 atom stereocenters. The zero-order valence-corrected chi connectivity index (χ0v) is 10.9. The number of nitrogens with zero attached hydrogens (tertiary/aromatic N) is 2. The van der Waals surface area contributed by atoms with Crippen molar-refractivity contribution in [3.05, 3.63) is 46.5 Å². The van der Waals surface area contributed by atoms with Crippen LogP contribution >= 0.6 is 11.5 Å². The van der Waals surface area contributed by atoms with Crippen LogP contribution in [0.25, 0.3) is 0 Å². The van der Waals surface area contributed by atoms with Gasteiger partial charge in [-0.25, -0.2) is 0 Å². The molecule has 0 aliphatic heterocycles. The standard InChI is InChI=1S/C12H12F3N3S/c1-16-10(11-7-17-18-19-11)6-8-2-4-9(5-3-8)12(13,14)15/h2-5,7,10,16H,6H2,1H3. The number of rotatable bonds is 4. The lowest BCUT2D eigenvalue weighted by atomic mass is 10.0. The van der Waals surface area contributed by atoms with Gasteiger partial charge in [-0.3, -0.25) is 0 Å². The Morgan fingerprint density at radius 3 is 2.42 bits per heavy atom. The Kier molecular flexibility index (Phi) is 4.16. The second-order valence-corrected chi connectivity index (χ2v) is 4.88. The molecule has 1 aromatic carbocycles. The fraction of sp³-hybridized carbons (Fsp3) is 0.333. The number of halogens is 3. The van der Waals surface area contributed by atoms with E-state index in [0.29, 0.717) is 6.42 Å². The van der Waals surface area contributed by atoms with E-state index in [1.807, 2.05) is 0 Å². The quantitative estimate of drug-likeness (QED) is 0.939. The lowest BCUT2D eigenvalue weighted by Crippen LogP contribution is -2.17. The molecule has 1 aromatic heterocycles. The van der Waals surface area contributed by atoms with Gasteiger partial charge in [0.15, 0.2) is 0 Å². The highest BCUT2D eigenvalue weighted by atomic mass is 32.1. The van der Waals surface area contributed by atoms with E-state index in [2.05, 4.69) is 14.9 Å². The van der Waals surface area contributed by atoms with Crippen LogP contribution in [0.4, 0.5) is 13.2 Å². The van der Waals surface area contributed by atoms with Crippen LogP contribution in [0.2, 0.25) is 0 Å². The van der Waals surface area contributed by atoms with Gasteiger partial charge in [0.1, 0.15) is 0 Å². The number of likely N-dealkylation sites (N-methyl/N-ethyl adjacent to an activating group) is 1. The van der Waals surface area contributed by atoms with Crippen LogP contribution in [0.3, 0.4) is 0 Å². The van der Waals surface area contributed by atoms with E-state index in [-0.39, 0.29) is 6.04 Å². The Hall–Kier alpha value is -1.47. The fourth-order valence-corrected chi connectivity index (χ4v) is 2.35. The summed E-state index contributed by atoms with van der Waals surface area (Å²) in [5, 5.41) is 6.86. The summed E-state index contributed by atoms with van der Waals surface area (Å²) < 4.78 is 41.1. The van der Waals surface area contributed by atoms with Gasteiger partial charge in [0.25, 0.3) is 0 Å². The molecule has 0 radical (unpaired) electrons. The van der Waals surface area contributed by atoms with Crippen molar-refractivity contribution in [1.29, 1.82) is 0 Å². The van der Waals surface area contributed by atoms with Crippen LogP contribution in [0.1, 0.15) is 22.0 Å². The van der Waals surface area contributed by atoms with Crippen LogP contribution in [0, 0.1) is 0 Å². The van der Waals surface area contributed by atoms with Crippen molar-refractivity contribution in [2.45, 2.75) is 18.6 Å². The molecule has 1 heterocycles. The number of aromatic nitrogens is 2. The Morgan fingerprint density at radius 2 is 1.95 bits per heavy atom. The van der Waals surface area contributed by atoms with Crippen molar-refractivity contribution < 1.29 is 13.2 Å².